The summed E-state index contributed by atoms with van der Waals surface area (Å²) >= 11 is 0. The molecule has 2 heterocycles. The van der Waals surface area contributed by atoms with Gasteiger partial charge in [0, 0.05) is 20.2 Å². The quantitative estimate of drug-likeness (QED) is 0.833. The fraction of sp³-hybridized carbons (Fsp3) is 0.632. The highest BCUT2D eigenvalue weighted by atomic mass is 16.5. The average Bonchev–Trinajstić information content (AvgIpc) is 3.14. The summed E-state index contributed by atoms with van der Waals surface area (Å²) in [4.78, 5) is 15.2. The summed E-state index contributed by atoms with van der Waals surface area (Å²) in [5.41, 5.74) is 1.85. The van der Waals surface area contributed by atoms with Gasteiger partial charge in [-0.3, -0.25) is 9.69 Å². The van der Waals surface area contributed by atoms with Crippen LogP contribution in [0.2, 0.25) is 0 Å². The molecule has 2 aliphatic rings. The number of piperidine rings is 1. The van der Waals surface area contributed by atoms with Crippen LogP contribution < -0.4 is 10.6 Å². The molecule has 0 aromatic heterocycles. The number of nitrogens with one attached hydrogen (secondary N) is 2. The topological polar surface area (TPSA) is 53.6 Å². The lowest BCUT2D eigenvalue weighted by Crippen LogP contribution is -2.54. The van der Waals surface area contributed by atoms with Crippen LogP contribution in [0.15, 0.2) is 24.3 Å². The SMILES string of the molecule is COC1(C(=O)NCc2ccccc2CN2CCCC2)CCNCC1. The molecule has 1 aromatic rings. The van der Waals surface area contributed by atoms with Crippen LogP contribution >= 0.6 is 0 Å². The molecule has 2 fully saturated rings. The van der Waals surface area contributed by atoms with E-state index in [1.54, 1.807) is 7.11 Å². The fourth-order valence-corrected chi connectivity index (χ4v) is 3.76. The van der Waals surface area contributed by atoms with Crippen LogP contribution in [-0.2, 0) is 22.6 Å². The van der Waals surface area contributed by atoms with Crippen molar-refractivity contribution in [1.82, 2.24) is 15.5 Å². The van der Waals surface area contributed by atoms with Crippen LogP contribution in [0.1, 0.15) is 36.8 Å². The Hall–Kier alpha value is -1.43. The predicted octanol–water partition coefficient (Wildman–Crippen LogP) is 1.67. The highest BCUT2D eigenvalue weighted by Crippen LogP contribution is 2.23. The van der Waals surface area contributed by atoms with Crippen LogP contribution in [-0.4, -0.2) is 49.7 Å². The first-order valence-electron chi connectivity index (χ1n) is 9.07. The van der Waals surface area contributed by atoms with Crippen LogP contribution in [0.5, 0.6) is 0 Å². The summed E-state index contributed by atoms with van der Waals surface area (Å²) in [7, 11) is 1.65. The van der Waals surface area contributed by atoms with Gasteiger partial charge in [0.15, 0.2) is 0 Å². The maximum Gasteiger partial charge on any atom is 0.252 e. The molecule has 2 saturated heterocycles. The fourth-order valence-electron chi connectivity index (χ4n) is 3.76. The second-order valence-electron chi connectivity index (χ2n) is 6.88. The molecule has 5 nitrogen and oxygen atoms in total. The zero-order chi connectivity index (χ0) is 16.8. The zero-order valence-corrected chi connectivity index (χ0v) is 14.6. The van der Waals surface area contributed by atoms with Gasteiger partial charge in [0.1, 0.15) is 5.60 Å². The summed E-state index contributed by atoms with van der Waals surface area (Å²) in [6, 6.07) is 8.43. The molecule has 0 radical (unpaired) electrons. The van der Waals surface area contributed by atoms with E-state index >= 15 is 0 Å². The second kappa shape index (κ2) is 8.10. The number of carbonyl (C=O) groups is 1. The smallest absolute Gasteiger partial charge is 0.252 e. The molecular weight excluding hydrogens is 302 g/mol. The Labute approximate surface area is 144 Å². The van der Waals surface area contributed by atoms with Gasteiger partial charge in [-0.15, -0.1) is 0 Å². The maximum absolute atomic E-state index is 12.7. The minimum Gasteiger partial charge on any atom is -0.368 e. The average molecular weight is 331 g/mol. The lowest BCUT2D eigenvalue weighted by atomic mass is 9.91. The van der Waals surface area contributed by atoms with Crippen molar-refractivity contribution >= 4 is 5.91 Å². The van der Waals surface area contributed by atoms with Crippen LogP contribution in [0.25, 0.3) is 0 Å². The number of likely N-dealkylation sites (tertiary alicyclic amines) is 1. The van der Waals surface area contributed by atoms with E-state index in [1.165, 1.54) is 37.1 Å². The number of carbonyl (C=O) groups excluding carboxylic acids is 1. The zero-order valence-electron chi connectivity index (χ0n) is 14.6. The minimum atomic E-state index is -0.671. The number of methoxy groups -OCH3 is 1. The molecule has 132 valence electrons. The van der Waals surface area contributed by atoms with Crippen molar-refractivity contribution in [2.75, 3.05) is 33.3 Å². The molecule has 0 saturated carbocycles. The number of benzene rings is 1. The van der Waals surface area contributed by atoms with Gasteiger partial charge in [-0.25, -0.2) is 0 Å². The molecule has 3 rings (SSSR count). The highest BCUT2D eigenvalue weighted by Gasteiger charge is 2.39. The van der Waals surface area contributed by atoms with E-state index in [9.17, 15) is 4.79 Å². The molecule has 0 unspecified atom stereocenters. The van der Waals surface area contributed by atoms with Crippen molar-refractivity contribution in [2.24, 2.45) is 0 Å². The summed E-state index contributed by atoms with van der Waals surface area (Å²) in [5.74, 6) is 0.0162. The standard InChI is InChI=1S/C19H29N3O2/c1-24-19(8-10-20-11-9-19)18(23)21-14-16-6-2-3-7-17(16)15-22-12-4-5-13-22/h2-3,6-7,20H,4-5,8-15H2,1H3,(H,21,23). The van der Waals surface area contributed by atoms with E-state index in [0.29, 0.717) is 6.54 Å². The summed E-state index contributed by atoms with van der Waals surface area (Å²) in [6.45, 7) is 5.56. The van der Waals surface area contributed by atoms with Gasteiger partial charge in [0.25, 0.3) is 5.91 Å². The van der Waals surface area contributed by atoms with E-state index in [2.05, 4.69) is 33.7 Å². The van der Waals surface area contributed by atoms with Crippen molar-refractivity contribution in [3.05, 3.63) is 35.4 Å². The Kier molecular flexibility index (Phi) is 5.87. The molecule has 2 aliphatic heterocycles. The number of rotatable bonds is 6. The third-order valence-electron chi connectivity index (χ3n) is 5.37. The van der Waals surface area contributed by atoms with Crippen molar-refractivity contribution in [2.45, 2.75) is 44.4 Å². The third kappa shape index (κ3) is 3.97. The molecule has 2 N–H and O–H groups in total. The first-order valence-corrected chi connectivity index (χ1v) is 9.07. The van der Waals surface area contributed by atoms with Gasteiger partial charge in [0.05, 0.1) is 0 Å². The Morgan fingerprint density at radius 2 is 1.88 bits per heavy atom. The lowest BCUT2D eigenvalue weighted by molar-refractivity contribution is -0.146. The van der Waals surface area contributed by atoms with Gasteiger partial charge >= 0.3 is 0 Å². The summed E-state index contributed by atoms with van der Waals surface area (Å²) < 4.78 is 5.61. The molecular formula is C19H29N3O2. The van der Waals surface area contributed by atoms with Crippen molar-refractivity contribution in [3.63, 3.8) is 0 Å². The number of hydrogen-bond donors (Lipinski definition) is 2. The first kappa shape index (κ1) is 17.4. The van der Waals surface area contributed by atoms with Crippen molar-refractivity contribution in [3.8, 4) is 0 Å². The monoisotopic (exact) mass is 331 g/mol. The van der Waals surface area contributed by atoms with E-state index < -0.39 is 5.60 Å². The van der Waals surface area contributed by atoms with Crippen LogP contribution in [0, 0.1) is 0 Å². The molecule has 0 spiro atoms. The molecule has 0 bridgehead atoms. The highest BCUT2D eigenvalue weighted by molar-refractivity contribution is 5.85. The summed E-state index contributed by atoms with van der Waals surface area (Å²) in [6.07, 6.45) is 4.04. The van der Waals surface area contributed by atoms with Crippen LogP contribution in [0.3, 0.4) is 0 Å². The first-order chi connectivity index (χ1) is 11.7. The van der Waals surface area contributed by atoms with Gasteiger partial charge in [-0.1, -0.05) is 24.3 Å². The van der Waals surface area contributed by atoms with Gasteiger partial charge in [-0.05, 0) is 63.0 Å². The van der Waals surface area contributed by atoms with Crippen molar-refractivity contribution < 1.29 is 9.53 Å². The molecule has 1 aromatic carbocycles. The number of hydrogen-bond acceptors (Lipinski definition) is 4. The Morgan fingerprint density at radius 1 is 1.21 bits per heavy atom. The summed E-state index contributed by atoms with van der Waals surface area (Å²) in [5, 5.41) is 6.40. The van der Waals surface area contributed by atoms with Gasteiger partial charge in [0.2, 0.25) is 0 Å². The molecule has 5 heteroatoms. The Morgan fingerprint density at radius 3 is 2.54 bits per heavy atom. The van der Waals surface area contributed by atoms with Crippen molar-refractivity contribution in [1.29, 1.82) is 0 Å². The van der Waals surface area contributed by atoms with E-state index in [-0.39, 0.29) is 5.91 Å². The largest absolute Gasteiger partial charge is 0.368 e. The van der Waals surface area contributed by atoms with Gasteiger partial charge < -0.3 is 15.4 Å². The molecule has 24 heavy (non-hydrogen) atoms. The van der Waals surface area contributed by atoms with Gasteiger partial charge in [-0.2, -0.15) is 0 Å². The molecule has 0 atom stereocenters. The van der Waals surface area contributed by atoms with E-state index in [4.69, 9.17) is 4.74 Å². The van der Waals surface area contributed by atoms with E-state index in [1.807, 2.05) is 6.07 Å². The second-order valence-corrected chi connectivity index (χ2v) is 6.88. The molecule has 0 aliphatic carbocycles. The number of ether oxygens (including phenoxy) is 1. The molecule has 1 amide bonds. The maximum atomic E-state index is 12.7. The lowest BCUT2D eigenvalue weighted by Gasteiger charge is -2.34. The normalized spacial score (nSPS) is 20.9. The predicted molar refractivity (Wildman–Crippen MR) is 94.6 cm³/mol. The number of nitrogens with zero attached hydrogens (tertiary/aromatic N) is 1. The van der Waals surface area contributed by atoms with Crippen LogP contribution in [0.4, 0.5) is 0 Å². The number of amides is 1. The Balaban J connectivity index is 1.62. The minimum absolute atomic E-state index is 0.0162. The third-order valence-corrected chi connectivity index (χ3v) is 5.37. The van der Waals surface area contributed by atoms with E-state index in [0.717, 1.165) is 32.5 Å². The Bertz CT molecular complexity index is 549.